The number of rotatable bonds is 7. The Bertz CT molecular complexity index is 1070. The zero-order valence-corrected chi connectivity index (χ0v) is 18.1. The standard InChI is InChI=1S/C23H26N2O6/c1-13(2)15-11-14(22(26)27)9-10-17(15)25-18(12-16(24-25)23(28)31-5)21-19(29-3)7-6-8-20(21)30-4/h6-13,22,26-27H,1-5H3. The molecule has 3 aromatic rings. The molecule has 8 heteroatoms. The number of aliphatic hydroxyl groups excluding tert-OH is 1. The molecule has 0 spiro atoms. The average molecular weight is 426 g/mol. The maximum Gasteiger partial charge on any atom is 0.358 e. The van der Waals surface area contributed by atoms with Crippen molar-refractivity contribution in [2.24, 2.45) is 0 Å². The van der Waals surface area contributed by atoms with E-state index in [9.17, 15) is 15.0 Å². The highest BCUT2D eigenvalue weighted by molar-refractivity contribution is 5.90. The minimum absolute atomic E-state index is 0.0342. The van der Waals surface area contributed by atoms with Gasteiger partial charge in [-0.05, 0) is 41.8 Å². The van der Waals surface area contributed by atoms with Crippen LogP contribution in [0.25, 0.3) is 16.9 Å². The molecule has 0 unspecified atom stereocenters. The Morgan fingerprint density at radius 3 is 2.16 bits per heavy atom. The lowest BCUT2D eigenvalue weighted by Gasteiger charge is -2.19. The molecule has 0 atom stereocenters. The van der Waals surface area contributed by atoms with Crippen LogP contribution in [-0.2, 0) is 4.74 Å². The second kappa shape index (κ2) is 9.20. The van der Waals surface area contributed by atoms with Crippen molar-refractivity contribution in [3.05, 3.63) is 59.3 Å². The molecule has 0 radical (unpaired) electrons. The van der Waals surface area contributed by atoms with Crippen LogP contribution in [-0.4, -0.2) is 47.3 Å². The van der Waals surface area contributed by atoms with E-state index in [0.717, 1.165) is 5.56 Å². The largest absolute Gasteiger partial charge is 0.496 e. The van der Waals surface area contributed by atoms with E-state index in [-0.39, 0.29) is 11.6 Å². The Morgan fingerprint density at radius 2 is 1.65 bits per heavy atom. The molecule has 1 heterocycles. The maximum absolute atomic E-state index is 12.3. The van der Waals surface area contributed by atoms with Gasteiger partial charge in [0, 0.05) is 5.56 Å². The Hall–Kier alpha value is -3.36. The molecule has 2 aromatic carbocycles. The summed E-state index contributed by atoms with van der Waals surface area (Å²) in [6.07, 6.45) is -1.59. The number of ether oxygens (including phenoxy) is 3. The van der Waals surface area contributed by atoms with E-state index in [2.05, 4.69) is 5.10 Å². The van der Waals surface area contributed by atoms with Gasteiger partial charge in [0.1, 0.15) is 11.5 Å². The molecule has 1 aromatic heterocycles. The number of benzene rings is 2. The molecular weight excluding hydrogens is 400 g/mol. The Labute approximate surface area is 180 Å². The second-order valence-corrected chi connectivity index (χ2v) is 7.20. The van der Waals surface area contributed by atoms with Crippen molar-refractivity contribution in [1.82, 2.24) is 9.78 Å². The molecule has 164 valence electrons. The van der Waals surface area contributed by atoms with E-state index < -0.39 is 12.3 Å². The van der Waals surface area contributed by atoms with Gasteiger partial charge in [0.15, 0.2) is 12.0 Å². The highest BCUT2D eigenvalue weighted by Gasteiger charge is 2.24. The molecule has 0 aliphatic heterocycles. The molecule has 0 aliphatic carbocycles. The van der Waals surface area contributed by atoms with Crippen LogP contribution in [0.15, 0.2) is 42.5 Å². The van der Waals surface area contributed by atoms with Crippen LogP contribution < -0.4 is 9.47 Å². The van der Waals surface area contributed by atoms with Crippen molar-refractivity contribution in [2.75, 3.05) is 21.3 Å². The quantitative estimate of drug-likeness (QED) is 0.441. The van der Waals surface area contributed by atoms with Gasteiger partial charge in [-0.25, -0.2) is 9.48 Å². The van der Waals surface area contributed by atoms with Crippen LogP contribution in [0.1, 0.15) is 47.7 Å². The fourth-order valence-corrected chi connectivity index (χ4v) is 3.44. The second-order valence-electron chi connectivity index (χ2n) is 7.20. The number of hydrogen-bond donors (Lipinski definition) is 2. The fraction of sp³-hybridized carbons (Fsp3) is 0.304. The van der Waals surface area contributed by atoms with E-state index in [4.69, 9.17) is 14.2 Å². The summed E-state index contributed by atoms with van der Waals surface area (Å²) < 4.78 is 17.6. The topological polar surface area (TPSA) is 103 Å². The normalized spacial score (nSPS) is 11.1. The third-order valence-corrected chi connectivity index (χ3v) is 4.99. The van der Waals surface area contributed by atoms with Crippen LogP contribution in [0.2, 0.25) is 0 Å². The fourth-order valence-electron chi connectivity index (χ4n) is 3.44. The summed E-state index contributed by atoms with van der Waals surface area (Å²) in [4.78, 5) is 12.3. The highest BCUT2D eigenvalue weighted by atomic mass is 16.5. The number of aliphatic hydroxyl groups is 2. The first-order chi connectivity index (χ1) is 14.8. The van der Waals surface area contributed by atoms with Gasteiger partial charge in [-0.3, -0.25) is 0 Å². The molecule has 0 aliphatic rings. The van der Waals surface area contributed by atoms with Gasteiger partial charge in [0.25, 0.3) is 0 Å². The lowest BCUT2D eigenvalue weighted by molar-refractivity contribution is -0.0425. The third kappa shape index (κ3) is 4.26. The van der Waals surface area contributed by atoms with Crippen molar-refractivity contribution in [3.63, 3.8) is 0 Å². The minimum atomic E-state index is -1.59. The van der Waals surface area contributed by atoms with Gasteiger partial charge in [0.05, 0.1) is 38.3 Å². The number of carbonyl (C=O) groups excluding carboxylic acids is 1. The van der Waals surface area contributed by atoms with Crippen molar-refractivity contribution < 1.29 is 29.2 Å². The summed E-state index contributed by atoms with van der Waals surface area (Å²) in [5, 5.41) is 23.7. The minimum Gasteiger partial charge on any atom is -0.496 e. The molecule has 2 N–H and O–H groups in total. The van der Waals surface area contributed by atoms with Gasteiger partial charge in [-0.2, -0.15) is 5.10 Å². The molecule has 0 saturated heterocycles. The Morgan fingerprint density at radius 1 is 1.00 bits per heavy atom. The van der Waals surface area contributed by atoms with Crippen LogP contribution in [0.5, 0.6) is 11.5 Å². The predicted molar refractivity (Wildman–Crippen MR) is 115 cm³/mol. The SMILES string of the molecule is COC(=O)c1cc(-c2c(OC)cccc2OC)n(-c2ccc(C(O)O)cc2C(C)C)n1. The first-order valence-electron chi connectivity index (χ1n) is 9.72. The van der Waals surface area contributed by atoms with Crippen LogP contribution in [0, 0.1) is 0 Å². The van der Waals surface area contributed by atoms with Crippen molar-refractivity contribution in [3.8, 4) is 28.4 Å². The molecule has 3 rings (SSSR count). The van der Waals surface area contributed by atoms with Gasteiger partial charge in [-0.15, -0.1) is 0 Å². The Kier molecular flexibility index (Phi) is 6.62. The number of carbonyl (C=O) groups is 1. The zero-order chi connectivity index (χ0) is 22.7. The number of esters is 1. The summed E-state index contributed by atoms with van der Waals surface area (Å²) in [6, 6.07) is 12.1. The molecule has 31 heavy (non-hydrogen) atoms. The summed E-state index contributed by atoms with van der Waals surface area (Å²) in [7, 11) is 4.40. The molecule has 0 amide bonds. The summed E-state index contributed by atoms with van der Waals surface area (Å²) >= 11 is 0. The molecule has 0 fully saturated rings. The lowest BCUT2D eigenvalue weighted by Crippen LogP contribution is -2.09. The van der Waals surface area contributed by atoms with E-state index in [1.54, 1.807) is 61.4 Å². The van der Waals surface area contributed by atoms with Crippen molar-refractivity contribution in [2.45, 2.75) is 26.1 Å². The highest BCUT2D eigenvalue weighted by Crippen LogP contribution is 2.40. The van der Waals surface area contributed by atoms with Crippen LogP contribution in [0.4, 0.5) is 0 Å². The summed E-state index contributed by atoms with van der Waals surface area (Å²) in [5.74, 6) is 0.546. The Balaban J connectivity index is 2.36. The van der Waals surface area contributed by atoms with Gasteiger partial charge >= 0.3 is 5.97 Å². The number of hydrogen-bond acceptors (Lipinski definition) is 7. The van der Waals surface area contributed by atoms with E-state index in [1.807, 2.05) is 13.8 Å². The predicted octanol–water partition coefficient (Wildman–Crippen LogP) is 3.45. The molecule has 0 saturated carbocycles. The monoisotopic (exact) mass is 426 g/mol. The van der Waals surface area contributed by atoms with Crippen molar-refractivity contribution in [1.29, 1.82) is 0 Å². The van der Waals surface area contributed by atoms with E-state index in [1.165, 1.54) is 7.11 Å². The van der Waals surface area contributed by atoms with Crippen LogP contribution >= 0.6 is 0 Å². The van der Waals surface area contributed by atoms with Crippen LogP contribution in [0.3, 0.4) is 0 Å². The van der Waals surface area contributed by atoms with E-state index >= 15 is 0 Å². The molecule has 0 bridgehead atoms. The smallest absolute Gasteiger partial charge is 0.358 e. The maximum atomic E-state index is 12.3. The first-order valence-corrected chi connectivity index (χ1v) is 9.72. The number of aromatic nitrogens is 2. The van der Waals surface area contributed by atoms with Gasteiger partial charge in [-0.1, -0.05) is 26.0 Å². The summed E-state index contributed by atoms with van der Waals surface area (Å²) in [6.45, 7) is 3.97. The average Bonchev–Trinajstić information content (AvgIpc) is 3.22. The lowest BCUT2D eigenvalue weighted by atomic mass is 9.98. The molecule has 8 nitrogen and oxygen atoms in total. The van der Waals surface area contributed by atoms with Crippen molar-refractivity contribution >= 4 is 5.97 Å². The van der Waals surface area contributed by atoms with E-state index in [0.29, 0.717) is 34.0 Å². The van der Waals surface area contributed by atoms with Gasteiger partial charge < -0.3 is 24.4 Å². The third-order valence-electron chi connectivity index (χ3n) is 4.99. The number of methoxy groups -OCH3 is 3. The van der Waals surface area contributed by atoms with Gasteiger partial charge in [0.2, 0.25) is 0 Å². The zero-order valence-electron chi connectivity index (χ0n) is 18.1. The molecular formula is C23H26N2O6. The number of nitrogens with zero attached hydrogens (tertiary/aromatic N) is 2. The first kappa shape index (κ1) is 22.3. The summed E-state index contributed by atoms with van der Waals surface area (Å²) in [5.41, 5.74) is 3.17.